The van der Waals surface area contributed by atoms with Gasteiger partial charge in [-0.2, -0.15) is 15.0 Å². The molecule has 0 aliphatic carbocycles. The lowest BCUT2D eigenvalue weighted by atomic mass is 9.94. The highest BCUT2D eigenvalue weighted by molar-refractivity contribution is 5.47. The Morgan fingerprint density at radius 1 is 0.972 bits per heavy atom. The van der Waals surface area contributed by atoms with E-state index >= 15 is 0 Å². The van der Waals surface area contributed by atoms with Gasteiger partial charge in [-0.1, -0.05) is 32.3 Å². The van der Waals surface area contributed by atoms with Crippen LogP contribution in [0.1, 0.15) is 76.9 Å². The normalized spacial score (nSPS) is 21.9. The predicted molar refractivity (Wildman–Crippen MR) is 143 cm³/mol. The number of ether oxygens (including phenoxy) is 1. The van der Waals surface area contributed by atoms with Crippen molar-refractivity contribution < 1.29 is 4.74 Å². The Hall–Kier alpha value is -2.68. The van der Waals surface area contributed by atoms with Gasteiger partial charge in [-0.25, -0.2) is 0 Å². The minimum Gasteiger partial charge on any atom is -0.378 e. The van der Waals surface area contributed by atoms with Gasteiger partial charge in [0.25, 0.3) is 5.56 Å². The van der Waals surface area contributed by atoms with Crippen LogP contribution in [-0.4, -0.2) is 58.4 Å². The fourth-order valence-electron chi connectivity index (χ4n) is 5.92. The van der Waals surface area contributed by atoms with Gasteiger partial charge in [0.15, 0.2) is 0 Å². The molecule has 2 aromatic rings. The molecule has 36 heavy (non-hydrogen) atoms. The molecule has 0 radical (unpaired) electrons. The van der Waals surface area contributed by atoms with Gasteiger partial charge in [0.05, 0.1) is 12.1 Å². The summed E-state index contributed by atoms with van der Waals surface area (Å²) < 4.78 is 7.83. The maximum atomic E-state index is 12.6. The van der Waals surface area contributed by atoms with Gasteiger partial charge in [-0.05, 0) is 51.0 Å². The second-order valence-corrected chi connectivity index (χ2v) is 10.4. The number of hydrogen-bond donors (Lipinski definition) is 1. The number of unbranched alkanes of at least 4 members (excludes halogenated alkanes) is 3. The third-order valence-electron chi connectivity index (χ3n) is 7.85. The maximum Gasteiger partial charge on any atom is 0.250 e. The number of piperidine rings is 2. The monoisotopic (exact) mass is 495 g/mol. The zero-order chi connectivity index (χ0) is 24.9. The highest BCUT2D eigenvalue weighted by atomic mass is 16.5. The van der Waals surface area contributed by atoms with Gasteiger partial charge in [0.1, 0.15) is 0 Å². The van der Waals surface area contributed by atoms with Gasteiger partial charge in [0.2, 0.25) is 17.8 Å². The Bertz CT molecular complexity index is 1070. The Kier molecular flexibility index (Phi) is 8.04. The van der Waals surface area contributed by atoms with Crippen molar-refractivity contribution in [2.24, 2.45) is 5.92 Å². The molecule has 6 rings (SSSR count). The molecule has 0 aromatic carbocycles. The van der Waals surface area contributed by atoms with Crippen LogP contribution in [0.2, 0.25) is 0 Å². The number of rotatable bonds is 10. The molecule has 9 nitrogen and oxygen atoms in total. The smallest absolute Gasteiger partial charge is 0.250 e. The van der Waals surface area contributed by atoms with E-state index in [0.717, 1.165) is 89.0 Å². The van der Waals surface area contributed by atoms with Crippen molar-refractivity contribution in [3.8, 4) is 0 Å². The summed E-state index contributed by atoms with van der Waals surface area (Å²) in [5.74, 6) is 2.54. The van der Waals surface area contributed by atoms with Gasteiger partial charge in [-0.3, -0.25) is 4.79 Å². The number of pyridine rings is 1. The first-order chi connectivity index (χ1) is 17.7. The zero-order valence-electron chi connectivity index (χ0n) is 21.9. The Balaban J connectivity index is 1.42. The summed E-state index contributed by atoms with van der Waals surface area (Å²) in [5.41, 5.74) is 1.17. The second-order valence-electron chi connectivity index (χ2n) is 10.4. The molecule has 2 atom stereocenters. The second kappa shape index (κ2) is 11.6. The molecule has 2 bridgehead atoms. The van der Waals surface area contributed by atoms with Crippen molar-refractivity contribution in [1.29, 1.82) is 0 Å². The fraction of sp³-hybridized carbons (Fsp3) is 0.704. The Labute approximate surface area is 214 Å². The summed E-state index contributed by atoms with van der Waals surface area (Å²) in [6, 6.07) is 5.76. The van der Waals surface area contributed by atoms with Crippen LogP contribution in [0.5, 0.6) is 0 Å². The van der Waals surface area contributed by atoms with Crippen LogP contribution in [0.4, 0.5) is 17.8 Å². The number of nitrogens with zero attached hydrogens (tertiary/aromatic N) is 6. The van der Waals surface area contributed by atoms with E-state index in [9.17, 15) is 4.79 Å². The topological polar surface area (TPSA) is 88.4 Å². The van der Waals surface area contributed by atoms with Gasteiger partial charge in [-0.15, -0.1) is 0 Å². The van der Waals surface area contributed by atoms with Crippen LogP contribution in [0.3, 0.4) is 0 Å². The lowest BCUT2D eigenvalue weighted by molar-refractivity contribution is 0.0457. The van der Waals surface area contributed by atoms with E-state index in [1.807, 2.05) is 10.6 Å². The van der Waals surface area contributed by atoms with E-state index in [-0.39, 0.29) is 11.6 Å². The predicted octanol–water partition coefficient (Wildman–Crippen LogP) is 4.00. The summed E-state index contributed by atoms with van der Waals surface area (Å²) >= 11 is 0. The molecular formula is C27H41N7O2. The molecule has 9 heteroatoms. The van der Waals surface area contributed by atoms with E-state index < -0.39 is 0 Å². The van der Waals surface area contributed by atoms with Crippen LogP contribution in [0, 0.1) is 5.92 Å². The van der Waals surface area contributed by atoms with Gasteiger partial charge in [0, 0.05) is 51.1 Å². The molecule has 2 fully saturated rings. The number of aromatic nitrogens is 4. The standard InChI is InChI=1S/C27H41N7O2/c1-3-5-6-7-15-28-25-29-26(32-16-13-21(14-17-32)36-4-2)31-27(30-25)34-19-20-11-12-23(34)22-9-8-10-24(35)33(22)18-20/h8-10,20-21,23H,3-7,11-19H2,1-2H3,(H,28,29,30,31). The first-order valence-electron chi connectivity index (χ1n) is 14.0. The van der Waals surface area contributed by atoms with E-state index in [4.69, 9.17) is 19.7 Å². The van der Waals surface area contributed by atoms with Crippen molar-refractivity contribution in [2.75, 3.05) is 47.9 Å². The quantitative estimate of drug-likeness (QED) is 0.495. The lowest BCUT2D eigenvalue weighted by Crippen LogP contribution is -2.40. The third-order valence-corrected chi connectivity index (χ3v) is 7.85. The van der Waals surface area contributed by atoms with Crippen LogP contribution < -0.4 is 20.7 Å². The number of nitrogens with one attached hydrogen (secondary N) is 1. The highest BCUT2D eigenvalue weighted by Gasteiger charge is 2.37. The van der Waals surface area contributed by atoms with Crippen molar-refractivity contribution in [2.45, 2.75) is 83.9 Å². The molecule has 196 valence electrons. The summed E-state index contributed by atoms with van der Waals surface area (Å²) in [7, 11) is 0. The average Bonchev–Trinajstić information content (AvgIpc) is 3.18. The molecule has 0 amide bonds. The molecule has 1 N–H and O–H groups in total. The van der Waals surface area contributed by atoms with E-state index in [0.29, 0.717) is 18.0 Å². The molecule has 4 aliphatic heterocycles. The number of hydrogen-bond acceptors (Lipinski definition) is 8. The maximum absolute atomic E-state index is 12.6. The van der Waals surface area contributed by atoms with Crippen molar-refractivity contribution in [3.05, 3.63) is 34.2 Å². The van der Waals surface area contributed by atoms with Gasteiger partial charge >= 0.3 is 0 Å². The van der Waals surface area contributed by atoms with Crippen molar-refractivity contribution in [1.82, 2.24) is 19.5 Å². The first-order valence-corrected chi connectivity index (χ1v) is 14.0. The molecule has 2 unspecified atom stereocenters. The molecule has 2 aromatic heterocycles. The van der Waals surface area contributed by atoms with E-state index in [2.05, 4.69) is 35.0 Å². The summed E-state index contributed by atoms with van der Waals surface area (Å²) in [6.45, 7) is 9.31. The number of fused-ring (bicyclic) bond motifs is 2. The van der Waals surface area contributed by atoms with Crippen molar-refractivity contribution in [3.63, 3.8) is 0 Å². The van der Waals surface area contributed by atoms with Crippen LogP contribution in [0.25, 0.3) is 0 Å². The minimum atomic E-state index is 0.0918. The zero-order valence-corrected chi connectivity index (χ0v) is 21.9. The van der Waals surface area contributed by atoms with Crippen molar-refractivity contribution >= 4 is 17.8 Å². The Morgan fingerprint density at radius 2 is 1.81 bits per heavy atom. The van der Waals surface area contributed by atoms with E-state index in [1.54, 1.807) is 6.07 Å². The first kappa shape index (κ1) is 25.0. The molecule has 2 saturated heterocycles. The van der Waals surface area contributed by atoms with Gasteiger partial charge < -0.3 is 24.4 Å². The summed E-state index contributed by atoms with van der Waals surface area (Å²) in [6.07, 6.45) is 9.20. The van der Waals surface area contributed by atoms with Crippen LogP contribution >= 0.6 is 0 Å². The molecular weight excluding hydrogens is 454 g/mol. The average molecular weight is 496 g/mol. The van der Waals surface area contributed by atoms with Crippen LogP contribution in [-0.2, 0) is 11.3 Å². The highest BCUT2D eigenvalue weighted by Crippen LogP contribution is 2.39. The molecule has 6 heterocycles. The van der Waals surface area contributed by atoms with Crippen LogP contribution in [0.15, 0.2) is 23.0 Å². The third kappa shape index (κ3) is 5.51. The number of anilines is 3. The summed E-state index contributed by atoms with van der Waals surface area (Å²) in [5, 5.41) is 3.48. The fourth-order valence-corrected chi connectivity index (χ4v) is 5.92. The summed E-state index contributed by atoms with van der Waals surface area (Å²) in [4.78, 5) is 32.0. The molecule has 0 spiro atoms. The lowest BCUT2D eigenvalue weighted by Gasteiger charge is -2.37. The van der Waals surface area contributed by atoms with E-state index in [1.165, 1.54) is 19.3 Å². The molecule has 0 saturated carbocycles. The molecule has 4 aliphatic rings. The Morgan fingerprint density at radius 3 is 2.61 bits per heavy atom. The SMILES string of the molecule is CCCCCCNc1nc(N2CCC(OCC)CC2)nc(N2CC3CCC2c2cccc(=O)n2C3)n1. The largest absolute Gasteiger partial charge is 0.378 e. The minimum absolute atomic E-state index is 0.0918.